The van der Waals surface area contributed by atoms with Gasteiger partial charge in [-0.3, -0.25) is 4.79 Å². The molecule has 0 radical (unpaired) electrons. The summed E-state index contributed by atoms with van der Waals surface area (Å²) in [5, 5.41) is 2.88. The Labute approximate surface area is 129 Å². The van der Waals surface area contributed by atoms with Crippen molar-refractivity contribution in [3.05, 3.63) is 23.2 Å². The molecular weight excluding hydrogens is 314 g/mol. The molecule has 1 aliphatic rings. The fraction of sp³-hybridized carbons (Fsp3) is 0.462. The van der Waals surface area contributed by atoms with Crippen LogP contribution in [0.15, 0.2) is 23.1 Å². The van der Waals surface area contributed by atoms with Crippen LogP contribution in [0.25, 0.3) is 0 Å². The number of halogens is 1. The highest BCUT2D eigenvalue weighted by molar-refractivity contribution is 7.89. The molecule has 0 aliphatic carbocycles. The lowest BCUT2D eigenvalue weighted by molar-refractivity contribution is -0.125. The van der Waals surface area contributed by atoms with E-state index in [-0.39, 0.29) is 16.5 Å². The number of benzene rings is 1. The molecule has 1 amide bonds. The summed E-state index contributed by atoms with van der Waals surface area (Å²) in [6.45, 7) is 0.308. The quantitative estimate of drug-likeness (QED) is 0.814. The van der Waals surface area contributed by atoms with Crippen molar-refractivity contribution in [1.29, 1.82) is 0 Å². The van der Waals surface area contributed by atoms with E-state index in [1.165, 1.54) is 29.6 Å². The highest BCUT2D eigenvalue weighted by atomic mass is 35.5. The van der Waals surface area contributed by atoms with Crippen molar-refractivity contribution in [2.75, 3.05) is 19.3 Å². The highest BCUT2D eigenvalue weighted by Crippen LogP contribution is 2.30. The Morgan fingerprint density at radius 3 is 2.76 bits per heavy atom. The molecule has 6 nitrogen and oxygen atoms in total. The number of anilines is 1. The maximum absolute atomic E-state index is 12.8. The van der Waals surface area contributed by atoms with Crippen LogP contribution in [0.1, 0.15) is 19.3 Å². The minimum atomic E-state index is -3.82. The second-order valence-corrected chi connectivity index (χ2v) is 7.22. The molecular formula is C13H18ClN3O3S. The maximum atomic E-state index is 12.8. The molecule has 8 heteroatoms. The number of nitrogens with one attached hydrogen (secondary N) is 1. The van der Waals surface area contributed by atoms with Gasteiger partial charge in [-0.15, -0.1) is 0 Å². The van der Waals surface area contributed by atoms with E-state index in [2.05, 4.69) is 5.32 Å². The van der Waals surface area contributed by atoms with E-state index in [0.717, 1.165) is 12.8 Å². The second-order valence-electron chi connectivity index (χ2n) is 4.92. The molecule has 1 fully saturated rings. The summed E-state index contributed by atoms with van der Waals surface area (Å²) in [7, 11) is -2.33. The highest BCUT2D eigenvalue weighted by Gasteiger charge is 2.37. The van der Waals surface area contributed by atoms with Gasteiger partial charge in [-0.05, 0) is 31.0 Å². The maximum Gasteiger partial charge on any atom is 0.245 e. The van der Waals surface area contributed by atoms with Crippen LogP contribution in [0.5, 0.6) is 0 Å². The van der Waals surface area contributed by atoms with Crippen LogP contribution in [0.4, 0.5) is 5.69 Å². The molecule has 21 heavy (non-hydrogen) atoms. The normalized spacial score (nSPS) is 20.2. The molecule has 2 rings (SSSR count). The Bertz CT molecular complexity index is 648. The zero-order chi connectivity index (χ0) is 15.6. The Kier molecular flexibility index (Phi) is 4.75. The number of sulfonamides is 1. The van der Waals surface area contributed by atoms with Gasteiger partial charge >= 0.3 is 0 Å². The summed E-state index contributed by atoms with van der Waals surface area (Å²) in [5.41, 5.74) is 5.86. The first kappa shape index (κ1) is 16.1. The van der Waals surface area contributed by atoms with Gasteiger partial charge in [-0.25, -0.2) is 8.42 Å². The fourth-order valence-corrected chi connectivity index (χ4v) is 4.44. The largest absolute Gasteiger partial charge is 0.398 e. The van der Waals surface area contributed by atoms with Gasteiger partial charge in [0.25, 0.3) is 0 Å². The molecule has 0 aromatic heterocycles. The predicted octanol–water partition coefficient (Wildman–Crippen LogP) is 1.21. The fourth-order valence-electron chi connectivity index (χ4n) is 2.50. The third-order valence-electron chi connectivity index (χ3n) is 3.56. The minimum absolute atomic E-state index is 0.0114. The van der Waals surface area contributed by atoms with Crippen molar-refractivity contribution in [3.8, 4) is 0 Å². The van der Waals surface area contributed by atoms with Crippen molar-refractivity contribution < 1.29 is 13.2 Å². The van der Waals surface area contributed by atoms with E-state index in [1.54, 1.807) is 0 Å². The Morgan fingerprint density at radius 2 is 2.14 bits per heavy atom. The lowest BCUT2D eigenvalue weighted by Crippen LogP contribution is -2.51. The molecule has 0 saturated carbocycles. The average molecular weight is 332 g/mol. The topological polar surface area (TPSA) is 92.5 Å². The second kappa shape index (κ2) is 6.21. The molecule has 1 saturated heterocycles. The predicted molar refractivity (Wildman–Crippen MR) is 81.5 cm³/mol. The van der Waals surface area contributed by atoms with Gasteiger partial charge < -0.3 is 11.1 Å². The van der Waals surface area contributed by atoms with Crippen molar-refractivity contribution in [1.82, 2.24) is 9.62 Å². The molecule has 1 unspecified atom stereocenters. The van der Waals surface area contributed by atoms with Gasteiger partial charge in [0.1, 0.15) is 10.9 Å². The number of piperidine rings is 1. The van der Waals surface area contributed by atoms with Gasteiger partial charge in [-0.1, -0.05) is 18.0 Å². The minimum Gasteiger partial charge on any atom is -0.398 e. The van der Waals surface area contributed by atoms with Gasteiger partial charge in [0.15, 0.2) is 0 Å². The molecule has 1 aromatic carbocycles. The van der Waals surface area contributed by atoms with Crippen LogP contribution in [-0.4, -0.2) is 38.3 Å². The van der Waals surface area contributed by atoms with Crippen LogP contribution in [-0.2, 0) is 14.8 Å². The summed E-state index contributed by atoms with van der Waals surface area (Å²) < 4.78 is 26.8. The first-order chi connectivity index (χ1) is 9.87. The van der Waals surface area contributed by atoms with Crippen molar-refractivity contribution >= 4 is 33.2 Å². The number of amides is 1. The third kappa shape index (κ3) is 3.14. The number of nitrogens with zero attached hydrogens (tertiary/aromatic N) is 1. The lowest BCUT2D eigenvalue weighted by atomic mass is 10.0. The number of likely N-dealkylation sites (N-methyl/N-ethyl adjacent to an activating group) is 1. The molecule has 1 heterocycles. The third-order valence-corrected chi connectivity index (χ3v) is 5.78. The number of carbonyl (C=O) groups is 1. The van der Waals surface area contributed by atoms with Gasteiger partial charge in [-0.2, -0.15) is 4.31 Å². The summed E-state index contributed by atoms with van der Waals surface area (Å²) >= 11 is 5.80. The zero-order valence-corrected chi connectivity index (χ0v) is 13.2. The van der Waals surface area contributed by atoms with Crippen molar-refractivity contribution in [2.45, 2.75) is 30.2 Å². The summed E-state index contributed by atoms with van der Waals surface area (Å²) in [6.07, 6.45) is 2.05. The smallest absolute Gasteiger partial charge is 0.245 e. The molecule has 116 valence electrons. The van der Waals surface area contributed by atoms with E-state index >= 15 is 0 Å². The van der Waals surface area contributed by atoms with Crippen LogP contribution < -0.4 is 11.1 Å². The first-order valence-electron chi connectivity index (χ1n) is 6.66. The van der Waals surface area contributed by atoms with Crippen LogP contribution in [0, 0.1) is 0 Å². The molecule has 3 N–H and O–H groups in total. The molecule has 1 atom stereocenters. The standard InChI is InChI=1S/C13H18ClN3O3S/c1-16-13(18)11-4-2-3-7-17(11)21(19,20)12-6-5-9(14)8-10(12)15/h5-6,8,11H,2-4,7,15H2,1H3,(H,16,18). The number of hydrogen-bond acceptors (Lipinski definition) is 4. The summed E-state index contributed by atoms with van der Waals surface area (Å²) in [5.74, 6) is -0.300. The van der Waals surface area contributed by atoms with E-state index < -0.39 is 16.1 Å². The van der Waals surface area contributed by atoms with E-state index in [0.29, 0.717) is 18.0 Å². The lowest BCUT2D eigenvalue weighted by Gasteiger charge is -2.33. The van der Waals surface area contributed by atoms with Crippen molar-refractivity contribution in [2.24, 2.45) is 0 Å². The van der Waals surface area contributed by atoms with Gasteiger partial charge in [0.05, 0.1) is 5.69 Å². The van der Waals surface area contributed by atoms with Crippen LogP contribution in [0.3, 0.4) is 0 Å². The average Bonchev–Trinajstić information content (AvgIpc) is 2.46. The zero-order valence-electron chi connectivity index (χ0n) is 11.7. The van der Waals surface area contributed by atoms with Gasteiger partial charge in [0, 0.05) is 18.6 Å². The SMILES string of the molecule is CNC(=O)C1CCCCN1S(=O)(=O)c1ccc(Cl)cc1N. The first-order valence-corrected chi connectivity index (χ1v) is 8.48. The number of hydrogen-bond donors (Lipinski definition) is 2. The Morgan fingerprint density at radius 1 is 1.43 bits per heavy atom. The molecule has 0 bridgehead atoms. The van der Waals surface area contributed by atoms with Gasteiger partial charge in [0.2, 0.25) is 15.9 Å². The summed E-state index contributed by atoms with van der Waals surface area (Å²) in [6, 6.07) is 3.56. The molecule has 0 spiro atoms. The monoisotopic (exact) mass is 331 g/mol. The Hall–Kier alpha value is -1.31. The molecule has 1 aliphatic heterocycles. The van der Waals surface area contributed by atoms with E-state index in [9.17, 15) is 13.2 Å². The summed E-state index contributed by atoms with van der Waals surface area (Å²) in [4.78, 5) is 11.9. The number of carbonyl (C=O) groups excluding carboxylic acids is 1. The van der Waals surface area contributed by atoms with E-state index in [4.69, 9.17) is 17.3 Å². The van der Waals surface area contributed by atoms with Crippen molar-refractivity contribution in [3.63, 3.8) is 0 Å². The van der Waals surface area contributed by atoms with Crippen LogP contribution in [0.2, 0.25) is 5.02 Å². The molecule has 1 aromatic rings. The number of nitrogen functional groups attached to an aromatic ring is 1. The number of nitrogens with two attached hydrogens (primary N) is 1. The van der Waals surface area contributed by atoms with E-state index in [1.807, 2.05) is 0 Å². The number of rotatable bonds is 3. The van der Waals surface area contributed by atoms with Crippen LogP contribution >= 0.6 is 11.6 Å². The Balaban J connectivity index is 2.43.